The van der Waals surface area contributed by atoms with Crippen LogP contribution in [0.25, 0.3) is 0 Å². The van der Waals surface area contributed by atoms with Gasteiger partial charge in [0.15, 0.2) is 5.17 Å². The van der Waals surface area contributed by atoms with Gasteiger partial charge in [-0.05, 0) is 42.7 Å². The third kappa shape index (κ3) is 5.86. The summed E-state index contributed by atoms with van der Waals surface area (Å²) >= 11 is 1.38. The van der Waals surface area contributed by atoms with E-state index in [1.165, 1.54) is 11.8 Å². The van der Waals surface area contributed by atoms with Crippen LogP contribution in [0.1, 0.15) is 49.0 Å². The van der Waals surface area contributed by atoms with E-state index >= 15 is 0 Å². The number of nitrogens with one attached hydrogen (secondary N) is 2. The maximum atomic E-state index is 12.6. The molecule has 178 valence electrons. The second-order valence-corrected chi connectivity index (χ2v) is 10.5. The first-order valence-electron chi connectivity index (χ1n) is 11.6. The monoisotopic (exact) mass is 478 g/mol. The van der Waals surface area contributed by atoms with Crippen LogP contribution < -0.4 is 10.6 Å². The van der Waals surface area contributed by atoms with E-state index in [0.29, 0.717) is 17.8 Å². The number of amidine groups is 1. The molecule has 0 saturated carbocycles. The number of benzene rings is 2. The summed E-state index contributed by atoms with van der Waals surface area (Å²) in [6, 6.07) is 16.8. The van der Waals surface area contributed by atoms with E-state index in [-0.39, 0.29) is 29.6 Å². The van der Waals surface area contributed by atoms with Crippen LogP contribution in [0.3, 0.4) is 0 Å². The van der Waals surface area contributed by atoms with Gasteiger partial charge in [-0.25, -0.2) is 0 Å². The highest BCUT2D eigenvalue weighted by Gasteiger charge is 2.33. The van der Waals surface area contributed by atoms with Crippen LogP contribution in [0.2, 0.25) is 0 Å². The lowest BCUT2D eigenvalue weighted by molar-refractivity contribution is -0.121. The third-order valence-corrected chi connectivity index (χ3v) is 7.37. The molecule has 1 fully saturated rings. The quantitative estimate of drug-likeness (QED) is 0.631. The minimum absolute atomic E-state index is 0.0706. The van der Waals surface area contributed by atoms with Gasteiger partial charge in [-0.1, -0.05) is 55.9 Å². The Morgan fingerprint density at radius 3 is 2.41 bits per heavy atom. The van der Waals surface area contributed by atoms with Crippen LogP contribution >= 0.6 is 11.8 Å². The van der Waals surface area contributed by atoms with Crippen molar-refractivity contribution in [3.05, 3.63) is 65.7 Å². The van der Waals surface area contributed by atoms with Crippen molar-refractivity contribution in [2.75, 3.05) is 25.0 Å². The van der Waals surface area contributed by atoms with Gasteiger partial charge in [0.25, 0.3) is 11.8 Å². The number of nitrogens with zero attached hydrogens (tertiary/aromatic N) is 2. The van der Waals surface area contributed by atoms with Gasteiger partial charge in [-0.2, -0.15) is 4.99 Å². The zero-order valence-corrected chi connectivity index (χ0v) is 20.4. The van der Waals surface area contributed by atoms with E-state index in [0.717, 1.165) is 36.7 Å². The van der Waals surface area contributed by atoms with Gasteiger partial charge < -0.3 is 15.5 Å². The molecule has 0 aliphatic carbocycles. The number of hydrogen-bond donors (Lipinski definition) is 2. The molecule has 1 saturated heterocycles. The van der Waals surface area contributed by atoms with Crippen LogP contribution in [0, 0.1) is 0 Å². The zero-order valence-electron chi connectivity index (χ0n) is 19.5. The molecule has 2 aromatic carbocycles. The average Bonchev–Trinajstić information content (AvgIpc) is 3.49. The predicted molar refractivity (Wildman–Crippen MR) is 136 cm³/mol. The second kappa shape index (κ2) is 10.4. The summed E-state index contributed by atoms with van der Waals surface area (Å²) in [7, 11) is 0. The number of anilines is 1. The minimum Gasteiger partial charge on any atom is -0.351 e. The summed E-state index contributed by atoms with van der Waals surface area (Å²) in [6.45, 7) is 6.52. The lowest BCUT2D eigenvalue weighted by Gasteiger charge is -2.25. The first-order chi connectivity index (χ1) is 16.3. The van der Waals surface area contributed by atoms with Crippen LogP contribution in [-0.2, 0) is 15.0 Å². The third-order valence-electron chi connectivity index (χ3n) is 6.15. The van der Waals surface area contributed by atoms with Crippen molar-refractivity contribution in [3.63, 3.8) is 0 Å². The van der Waals surface area contributed by atoms with E-state index < -0.39 is 5.25 Å². The highest BCUT2D eigenvalue weighted by atomic mass is 32.2. The highest BCUT2D eigenvalue weighted by Crippen LogP contribution is 2.29. The number of likely N-dealkylation sites (tertiary alicyclic amines) is 1. The van der Waals surface area contributed by atoms with Crippen molar-refractivity contribution in [1.82, 2.24) is 10.2 Å². The fraction of sp³-hybridized carbons (Fsp3) is 0.385. The molecule has 2 aromatic rings. The van der Waals surface area contributed by atoms with Gasteiger partial charge in [0.2, 0.25) is 5.91 Å². The number of carbonyl (C=O) groups excluding carboxylic acids is 3. The first kappa shape index (κ1) is 24.0. The molecule has 0 bridgehead atoms. The Labute approximate surface area is 204 Å². The minimum atomic E-state index is -0.478. The Hall–Kier alpha value is -3.13. The predicted octanol–water partition coefficient (Wildman–Crippen LogP) is 3.82. The standard InChI is InChI=1S/C26H30N4O3S/c1-26(2,19-8-4-3-5-9-19)17-27-23(32)18-10-12-20(13-11-18)28-22(31)16-21-24(33)29-25(34-21)30-14-6-7-15-30/h3-5,8-13,21H,6-7,14-17H2,1-2H3,(H,27,32)(H,28,31). The number of thioether (sulfide) groups is 1. The number of rotatable bonds is 7. The number of carbonyl (C=O) groups is 3. The molecular formula is C26H30N4O3S. The van der Waals surface area contributed by atoms with Gasteiger partial charge in [-0.3, -0.25) is 14.4 Å². The molecule has 2 heterocycles. The van der Waals surface area contributed by atoms with Crippen LogP contribution in [0.4, 0.5) is 5.69 Å². The van der Waals surface area contributed by atoms with Crippen molar-refractivity contribution in [3.8, 4) is 0 Å². The lowest BCUT2D eigenvalue weighted by atomic mass is 9.84. The van der Waals surface area contributed by atoms with Crippen molar-refractivity contribution in [1.29, 1.82) is 0 Å². The lowest BCUT2D eigenvalue weighted by Crippen LogP contribution is -2.36. The fourth-order valence-electron chi connectivity index (χ4n) is 4.03. The summed E-state index contributed by atoms with van der Waals surface area (Å²) in [5, 5.41) is 6.08. The highest BCUT2D eigenvalue weighted by molar-refractivity contribution is 8.15. The van der Waals surface area contributed by atoms with Gasteiger partial charge in [0, 0.05) is 42.7 Å². The Balaban J connectivity index is 1.26. The first-order valence-corrected chi connectivity index (χ1v) is 12.5. The number of hydrogen-bond acceptors (Lipinski definition) is 5. The molecule has 0 spiro atoms. The van der Waals surface area contributed by atoms with Gasteiger partial charge >= 0.3 is 0 Å². The largest absolute Gasteiger partial charge is 0.351 e. The summed E-state index contributed by atoms with van der Waals surface area (Å²) in [4.78, 5) is 43.6. The van der Waals surface area contributed by atoms with Gasteiger partial charge in [0.05, 0.1) is 0 Å². The van der Waals surface area contributed by atoms with Crippen molar-refractivity contribution in [2.45, 2.75) is 43.8 Å². The molecule has 2 aliphatic rings. The van der Waals surface area contributed by atoms with Crippen LogP contribution in [0.15, 0.2) is 59.6 Å². The van der Waals surface area contributed by atoms with Gasteiger partial charge in [0.1, 0.15) is 5.25 Å². The van der Waals surface area contributed by atoms with Crippen molar-refractivity contribution >= 4 is 40.3 Å². The maximum absolute atomic E-state index is 12.6. The zero-order chi connectivity index (χ0) is 24.1. The Bertz CT molecular complexity index is 1080. The van der Waals surface area contributed by atoms with Crippen LogP contribution in [0.5, 0.6) is 0 Å². The molecule has 4 rings (SSSR count). The molecule has 0 radical (unpaired) electrons. The summed E-state index contributed by atoms with van der Waals surface area (Å²) in [5.41, 5.74) is 2.07. The molecule has 2 aliphatic heterocycles. The smallest absolute Gasteiger partial charge is 0.262 e. The number of aliphatic imine (C=N–C) groups is 1. The Kier molecular flexibility index (Phi) is 7.36. The molecule has 3 amide bonds. The SMILES string of the molecule is CC(C)(CNC(=O)c1ccc(NC(=O)CC2SC(N3CCCC3)=NC2=O)cc1)c1ccccc1. The fourth-order valence-corrected chi connectivity index (χ4v) is 5.15. The van der Waals surface area contributed by atoms with Crippen molar-refractivity contribution < 1.29 is 14.4 Å². The molecule has 1 atom stereocenters. The number of amides is 3. The molecule has 7 nitrogen and oxygen atoms in total. The Morgan fingerprint density at radius 1 is 1.06 bits per heavy atom. The molecular weight excluding hydrogens is 448 g/mol. The summed E-state index contributed by atoms with van der Waals surface area (Å²) in [5.74, 6) is -0.653. The van der Waals surface area contributed by atoms with E-state index in [9.17, 15) is 14.4 Å². The molecule has 1 unspecified atom stereocenters. The van der Waals surface area contributed by atoms with E-state index in [1.807, 2.05) is 18.2 Å². The second-order valence-electron chi connectivity index (χ2n) is 9.30. The molecule has 0 aromatic heterocycles. The van der Waals surface area contributed by atoms with E-state index in [2.05, 4.69) is 46.5 Å². The molecule has 2 N–H and O–H groups in total. The molecule has 8 heteroatoms. The molecule has 34 heavy (non-hydrogen) atoms. The topological polar surface area (TPSA) is 90.9 Å². The summed E-state index contributed by atoms with van der Waals surface area (Å²) in [6.07, 6.45) is 2.29. The van der Waals surface area contributed by atoms with E-state index in [4.69, 9.17) is 0 Å². The van der Waals surface area contributed by atoms with Crippen LogP contribution in [-0.4, -0.2) is 52.7 Å². The summed E-state index contributed by atoms with van der Waals surface area (Å²) < 4.78 is 0. The van der Waals surface area contributed by atoms with E-state index in [1.54, 1.807) is 24.3 Å². The Morgan fingerprint density at radius 2 is 1.74 bits per heavy atom. The normalized spacial score (nSPS) is 18.1. The van der Waals surface area contributed by atoms with Gasteiger partial charge in [-0.15, -0.1) is 0 Å². The average molecular weight is 479 g/mol. The maximum Gasteiger partial charge on any atom is 0.262 e. The van der Waals surface area contributed by atoms with Crippen molar-refractivity contribution in [2.24, 2.45) is 4.99 Å².